The maximum absolute atomic E-state index is 13.2. The van der Waals surface area contributed by atoms with Gasteiger partial charge in [-0.05, 0) is 36.4 Å². The monoisotopic (exact) mass is 419 g/mol. The van der Waals surface area contributed by atoms with Gasteiger partial charge in [0.1, 0.15) is 18.0 Å². The molecule has 4 rings (SSSR count). The Morgan fingerprint density at radius 2 is 1.87 bits per heavy atom. The van der Waals surface area contributed by atoms with Crippen molar-refractivity contribution in [3.05, 3.63) is 54.2 Å². The molecular formula is C21H26FN3O5. The lowest BCUT2D eigenvalue weighted by Gasteiger charge is -2.41. The highest BCUT2D eigenvalue weighted by molar-refractivity contribution is 5.91. The lowest BCUT2D eigenvalue weighted by molar-refractivity contribution is -0.0209. The first-order valence-electron chi connectivity index (χ1n) is 10.1. The molecule has 0 unspecified atom stereocenters. The van der Waals surface area contributed by atoms with Gasteiger partial charge >= 0.3 is 0 Å². The van der Waals surface area contributed by atoms with Crippen LogP contribution in [0, 0.1) is 5.82 Å². The van der Waals surface area contributed by atoms with E-state index in [1.807, 2.05) is 0 Å². The first-order valence-corrected chi connectivity index (χ1v) is 10.1. The standard InChI is InChI=1S/C21H26FN3O5/c22-14-3-5-15(6-4-14)24-7-9-25(10-8-24)19-17(30-18(13-26)20(19)27)12-23-21(28)16-2-1-11-29-16/h1-6,11,17-20,26-27H,7-10,12-13H2,(H,23,28)/t17-,18+,19+,20-/m1/s1. The van der Waals surface area contributed by atoms with Crippen LogP contribution < -0.4 is 10.2 Å². The van der Waals surface area contributed by atoms with Gasteiger partial charge in [0.15, 0.2) is 5.76 Å². The smallest absolute Gasteiger partial charge is 0.287 e. The van der Waals surface area contributed by atoms with Gasteiger partial charge in [0.05, 0.1) is 25.0 Å². The molecule has 2 aliphatic rings. The molecule has 0 aliphatic carbocycles. The number of aliphatic hydroxyl groups excluding tert-OH is 2. The van der Waals surface area contributed by atoms with E-state index in [-0.39, 0.29) is 36.7 Å². The maximum Gasteiger partial charge on any atom is 0.287 e. The number of aliphatic hydroxyl groups is 2. The predicted molar refractivity (Wildman–Crippen MR) is 107 cm³/mol. The summed E-state index contributed by atoms with van der Waals surface area (Å²) < 4.78 is 24.1. The average molecular weight is 419 g/mol. The largest absolute Gasteiger partial charge is 0.459 e. The number of ether oxygens (including phenoxy) is 1. The summed E-state index contributed by atoms with van der Waals surface area (Å²) in [6, 6.07) is 9.26. The van der Waals surface area contributed by atoms with Crippen LogP contribution >= 0.6 is 0 Å². The number of carbonyl (C=O) groups is 1. The van der Waals surface area contributed by atoms with Crippen LogP contribution in [0.1, 0.15) is 10.6 Å². The Hall–Kier alpha value is -2.46. The third kappa shape index (κ3) is 4.34. The highest BCUT2D eigenvalue weighted by atomic mass is 19.1. The van der Waals surface area contributed by atoms with E-state index in [0.29, 0.717) is 26.2 Å². The Kier molecular flexibility index (Phi) is 6.33. The van der Waals surface area contributed by atoms with Crippen molar-refractivity contribution in [2.45, 2.75) is 24.4 Å². The predicted octanol–water partition coefficient (Wildman–Crippen LogP) is 0.460. The summed E-state index contributed by atoms with van der Waals surface area (Å²) in [4.78, 5) is 16.5. The second-order valence-corrected chi connectivity index (χ2v) is 7.56. The molecule has 0 radical (unpaired) electrons. The Morgan fingerprint density at radius 3 is 2.50 bits per heavy atom. The average Bonchev–Trinajstić information content (AvgIpc) is 3.41. The molecule has 0 saturated carbocycles. The van der Waals surface area contributed by atoms with Gasteiger partial charge in [0.25, 0.3) is 5.91 Å². The van der Waals surface area contributed by atoms with Gasteiger partial charge in [-0.2, -0.15) is 0 Å². The molecule has 4 atom stereocenters. The molecule has 0 spiro atoms. The number of carbonyl (C=O) groups excluding carboxylic acids is 1. The number of amides is 1. The van der Waals surface area contributed by atoms with E-state index >= 15 is 0 Å². The van der Waals surface area contributed by atoms with Gasteiger partial charge < -0.3 is 29.6 Å². The van der Waals surface area contributed by atoms with E-state index in [4.69, 9.17) is 9.15 Å². The topological polar surface area (TPSA) is 98.4 Å². The first-order chi connectivity index (χ1) is 14.6. The molecule has 0 bridgehead atoms. The minimum Gasteiger partial charge on any atom is -0.459 e. The Labute approximate surface area is 173 Å². The van der Waals surface area contributed by atoms with Crippen molar-refractivity contribution < 1.29 is 28.6 Å². The number of rotatable bonds is 6. The van der Waals surface area contributed by atoms with Gasteiger partial charge in [-0.3, -0.25) is 9.69 Å². The summed E-state index contributed by atoms with van der Waals surface area (Å²) in [6.45, 7) is 2.66. The maximum atomic E-state index is 13.2. The fourth-order valence-corrected chi connectivity index (χ4v) is 4.21. The van der Waals surface area contributed by atoms with Crippen molar-refractivity contribution >= 4 is 11.6 Å². The van der Waals surface area contributed by atoms with E-state index in [1.165, 1.54) is 18.4 Å². The molecule has 1 amide bonds. The number of furan rings is 1. The van der Waals surface area contributed by atoms with Crippen LogP contribution in [0.5, 0.6) is 0 Å². The van der Waals surface area contributed by atoms with Crippen molar-refractivity contribution in [2.24, 2.45) is 0 Å². The third-order valence-corrected chi connectivity index (χ3v) is 5.78. The number of hydrogen-bond acceptors (Lipinski definition) is 7. The molecule has 3 heterocycles. The highest BCUT2D eigenvalue weighted by Gasteiger charge is 2.46. The fourth-order valence-electron chi connectivity index (χ4n) is 4.21. The number of halogens is 1. The molecule has 1 aromatic heterocycles. The summed E-state index contributed by atoms with van der Waals surface area (Å²) in [5.74, 6) is -0.416. The van der Waals surface area contributed by atoms with E-state index in [1.54, 1.807) is 24.3 Å². The summed E-state index contributed by atoms with van der Waals surface area (Å²) in [5.41, 5.74) is 0.953. The minimum atomic E-state index is -0.863. The van der Waals surface area contributed by atoms with E-state index < -0.39 is 18.3 Å². The quantitative estimate of drug-likeness (QED) is 0.626. The van der Waals surface area contributed by atoms with Crippen molar-refractivity contribution in [3.8, 4) is 0 Å². The van der Waals surface area contributed by atoms with Gasteiger partial charge in [0, 0.05) is 38.4 Å². The lowest BCUT2D eigenvalue weighted by Crippen LogP contribution is -2.57. The second kappa shape index (κ2) is 9.13. The SMILES string of the molecule is O=C(NC[C@H]1O[C@@H](CO)[C@@H](O)[C@H]1N1CCN(c2ccc(F)cc2)CC1)c1ccco1. The van der Waals surface area contributed by atoms with Crippen LogP contribution in [0.4, 0.5) is 10.1 Å². The molecule has 2 aliphatic heterocycles. The zero-order valence-electron chi connectivity index (χ0n) is 16.5. The molecule has 30 heavy (non-hydrogen) atoms. The van der Waals surface area contributed by atoms with Crippen molar-refractivity contribution in [3.63, 3.8) is 0 Å². The molecule has 2 fully saturated rings. The molecule has 8 nitrogen and oxygen atoms in total. The zero-order valence-corrected chi connectivity index (χ0v) is 16.5. The van der Waals surface area contributed by atoms with Crippen LogP contribution in [0.2, 0.25) is 0 Å². The fraction of sp³-hybridized carbons (Fsp3) is 0.476. The highest BCUT2D eigenvalue weighted by Crippen LogP contribution is 2.27. The zero-order chi connectivity index (χ0) is 21.1. The van der Waals surface area contributed by atoms with E-state index in [2.05, 4.69) is 15.1 Å². The summed E-state index contributed by atoms with van der Waals surface area (Å²) in [7, 11) is 0. The Bertz CT molecular complexity index is 824. The molecule has 9 heteroatoms. The van der Waals surface area contributed by atoms with Crippen LogP contribution in [0.3, 0.4) is 0 Å². The second-order valence-electron chi connectivity index (χ2n) is 7.56. The van der Waals surface area contributed by atoms with Crippen molar-refractivity contribution in [2.75, 3.05) is 44.2 Å². The lowest BCUT2D eigenvalue weighted by atomic mass is 10.0. The van der Waals surface area contributed by atoms with Crippen molar-refractivity contribution in [1.29, 1.82) is 0 Å². The number of hydrogen-bond donors (Lipinski definition) is 3. The summed E-state index contributed by atoms with van der Waals surface area (Å²) >= 11 is 0. The molecule has 2 saturated heterocycles. The number of anilines is 1. The summed E-state index contributed by atoms with van der Waals surface area (Å²) in [6.07, 6.45) is -0.599. The molecule has 162 valence electrons. The number of piperazine rings is 1. The van der Waals surface area contributed by atoms with Crippen molar-refractivity contribution in [1.82, 2.24) is 10.2 Å². The normalized spacial score (nSPS) is 27.4. The molecular weight excluding hydrogens is 393 g/mol. The number of nitrogens with zero attached hydrogens (tertiary/aromatic N) is 2. The van der Waals surface area contributed by atoms with Gasteiger partial charge in [-0.1, -0.05) is 0 Å². The minimum absolute atomic E-state index is 0.190. The van der Waals surface area contributed by atoms with Crippen LogP contribution in [-0.4, -0.2) is 84.7 Å². The number of benzene rings is 1. The third-order valence-electron chi connectivity index (χ3n) is 5.78. The molecule has 2 aromatic rings. The van der Waals surface area contributed by atoms with Crippen LogP contribution in [0.25, 0.3) is 0 Å². The number of nitrogens with one attached hydrogen (secondary N) is 1. The van der Waals surface area contributed by atoms with Gasteiger partial charge in [-0.25, -0.2) is 4.39 Å². The first kappa shape index (κ1) is 20.8. The van der Waals surface area contributed by atoms with E-state index in [9.17, 15) is 19.4 Å². The molecule has 3 N–H and O–H groups in total. The van der Waals surface area contributed by atoms with Crippen LogP contribution in [-0.2, 0) is 4.74 Å². The van der Waals surface area contributed by atoms with Gasteiger partial charge in [-0.15, -0.1) is 0 Å². The van der Waals surface area contributed by atoms with Gasteiger partial charge in [0.2, 0.25) is 0 Å². The van der Waals surface area contributed by atoms with Crippen LogP contribution in [0.15, 0.2) is 47.1 Å². The Morgan fingerprint density at radius 1 is 1.13 bits per heavy atom. The molecule has 1 aromatic carbocycles. The Balaban J connectivity index is 1.38. The summed E-state index contributed by atoms with van der Waals surface area (Å²) in [5, 5.41) is 23.1. The van der Waals surface area contributed by atoms with E-state index in [0.717, 1.165) is 5.69 Å².